The molecular weight excluding hydrogens is 405 g/mol. The number of sulfonamides is 1. The van der Waals surface area contributed by atoms with E-state index in [1.165, 1.54) is 0 Å². The number of amides is 1. The van der Waals surface area contributed by atoms with Crippen molar-refractivity contribution in [1.29, 1.82) is 0 Å². The van der Waals surface area contributed by atoms with E-state index in [1.807, 2.05) is 0 Å². The first kappa shape index (κ1) is 21.0. The Morgan fingerprint density at radius 1 is 1.11 bits per heavy atom. The summed E-state index contributed by atoms with van der Waals surface area (Å²) in [4.78, 5) is 12.1. The lowest BCUT2D eigenvalue weighted by molar-refractivity contribution is -0.137. The molecule has 27 heavy (non-hydrogen) atoms. The summed E-state index contributed by atoms with van der Waals surface area (Å²) in [5.41, 5.74) is -0.311. The lowest BCUT2D eigenvalue weighted by Gasteiger charge is -2.22. The largest absolute Gasteiger partial charge is 0.416 e. The van der Waals surface area contributed by atoms with Gasteiger partial charge in [0.25, 0.3) is 0 Å². The van der Waals surface area contributed by atoms with Gasteiger partial charge in [-0.25, -0.2) is 8.42 Å². The fraction of sp³-hybridized carbons (Fsp3) is 0.235. The van der Waals surface area contributed by atoms with Crippen molar-refractivity contribution < 1.29 is 26.4 Å². The zero-order chi connectivity index (χ0) is 20.2. The topological polar surface area (TPSA) is 66.5 Å². The van der Waals surface area contributed by atoms with Gasteiger partial charge in [0.05, 0.1) is 17.5 Å². The van der Waals surface area contributed by atoms with Gasteiger partial charge in [-0.05, 0) is 35.9 Å². The SMILES string of the molecule is CS(=O)(=O)N(CC(=O)NCc1ccccc1Cl)c1ccc(C(F)(F)F)cc1. The molecular formula is C17H16ClF3N2O3S. The van der Waals surface area contributed by atoms with E-state index in [0.717, 1.165) is 34.8 Å². The maximum Gasteiger partial charge on any atom is 0.416 e. The second-order valence-corrected chi connectivity index (χ2v) is 8.00. The molecule has 0 aliphatic carbocycles. The quantitative estimate of drug-likeness (QED) is 0.778. The van der Waals surface area contributed by atoms with Crippen molar-refractivity contribution >= 4 is 33.2 Å². The molecule has 0 radical (unpaired) electrons. The minimum absolute atomic E-state index is 0.0432. The highest BCUT2D eigenvalue weighted by atomic mass is 35.5. The van der Waals surface area contributed by atoms with Gasteiger partial charge in [0, 0.05) is 11.6 Å². The normalized spacial score (nSPS) is 11.9. The van der Waals surface area contributed by atoms with Crippen LogP contribution in [0.4, 0.5) is 18.9 Å². The van der Waals surface area contributed by atoms with E-state index < -0.39 is 34.2 Å². The number of alkyl halides is 3. The van der Waals surface area contributed by atoms with E-state index in [2.05, 4.69) is 5.32 Å². The number of hydrogen-bond donors (Lipinski definition) is 1. The maximum absolute atomic E-state index is 12.7. The molecule has 2 rings (SSSR count). The van der Waals surface area contributed by atoms with E-state index in [0.29, 0.717) is 10.6 Å². The minimum atomic E-state index is -4.54. The minimum Gasteiger partial charge on any atom is -0.350 e. The molecule has 0 spiro atoms. The summed E-state index contributed by atoms with van der Waals surface area (Å²) in [6.07, 6.45) is -3.67. The van der Waals surface area contributed by atoms with Crippen LogP contribution in [0.1, 0.15) is 11.1 Å². The van der Waals surface area contributed by atoms with Gasteiger partial charge in [-0.2, -0.15) is 13.2 Å². The van der Waals surface area contributed by atoms with Gasteiger partial charge in [0.1, 0.15) is 6.54 Å². The van der Waals surface area contributed by atoms with E-state index in [-0.39, 0.29) is 12.2 Å². The Balaban J connectivity index is 2.13. The monoisotopic (exact) mass is 420 g/mol. The van der Waals surface area contributed by atoms with E-state index in [9.17, 15) is 26.4 Å². The lowest BCUT2D eigenvalue weighted by Crippen LogP contribution is -2.40. The lowest BCUT2D eigenvalue weighted by atomic mass is 10.2. The summed E-state index contributed by atoms with van der Waals surface area (Å²) in [5.74, 6) is -0.625. The van der Waals surface area contributed by atoms with Crippen molar-refractivity contribution in [2.24, 2.45) is 0 Å². The average Bonchev–Trinajstić information content (AvgIpc) is 2.57. The second-order valence-electron chi connectivity index (χ2n) is 5.68. The highest BCUT2D eigenvalue weighted by Gasteiger charge is 2.30. The molecule has 10 heteroatoms. The Morgan fingerprint density at radius 2 is 1.70 bits per heavy atom. The van der Waals surface area contributed by atoms with Crippen LogP contribution in [0.5, 0.6) is 0 Å². The Morgan fingerprint density at radius 3 is 2.22 bits per heavy atom. The molecule has 0 saturated carbocycles. The number of benzene rings is 2. The van der Waals surface area contributed by atoms with Gasteiger partial charge in [0.15, 0.2) is 0 Å². The van der Waals surface area contributed by atoms with Crippen LogP contribution in [0.3, 0.4) is 0 Å². The number of nitrogens with zero attached hydrogens (tertiary/aromatic N) is 1. The molecule has 5 nitrogen and oxygen atoms in total. The fourth-order valence-corrected chi connectivity index (χ4v) is 3.30. The zero-order valence-corrected chi connectivity index (χ0v) is 15.7. The molecule has 2 aromatic carbocycles. The van der Waals surface area contributed by atoms with Crippen molar-refractivity contribution in [2.75, 3.05) is 17.1 Å². The number of anilines is 1. The van der Waals surface area contributed by atoms with E-state index in [1.54, 1.807) is 24.3 Å². The summed E-state index contributed by atoms with van der Waals surface area (Å²) in [5, 5.41) is 2.98. The Kier molecular flexibility index (Phi) is 6.38. The van der Waals surface area contributed by atoms with Crippen molar-refractivity contribution in [1.82, 2.24) is 5.32 Å². The first-order chi connectivity index (χ1) is 12.5. The third-order valence-electron chi connectivity index (χ3n) is 3.60. The van der Waals surface area contributed by atoms with E-state index >= 15 is 0 Å². The molecule has 0 unspecified atom stereocenters. The zero-order valence-electron chi connectivity index (χ0n) is 14.1. The molecule has 0 aromatic heterocycles. The molecule has 0 aliphatic rings. The number of carbonyl (C=O) groups excluding carboxylic acids is 1. The van der Waals surface area contributed by atoms with Crippen molar-refractivity contribution in [3.63, 3.8) is 0 Å². The van der Waals surface area contributed by atoms with Crippen molar-refractivity contribution in [3.8, 4) is 0 Å². The smallest absolute Gasteiger partial charge is 0.350 e. The van der Waals surface area contributed by atoms with Crippen molar-refractivity contribution in [2.45, 2.75) is 12.7 Å². The molecule has 0 bridgehead atoms. The fourth-order valence-electron chi connectivity index (χ4n) is 2.24. The average molecular weight is 421 g/mol. The van der Waals surface area contributed by atoms with Crippen LogP contribution in [0.25, 0.3) is 0 Å². The van der Waals surface area contributed by atoms with Crippen LogP contribution in [-0.4, -0.2) is 27.1 Å². The summed E-state index contributed by atoms with van der Waals surface area (Å²) >= 11 is 5.98. The van der Waals surface area contributed by atoms with Gasteiger partial charge in [-0.1, -0.05) is 29.8 Å². The summed E-state index contributed by atoms with van der Waals surface area (Å²) in [6, 6.07) is 10.3. The number of nitrogens with one attached hydrogen (secondary N) is 1. The van der Waals surface area contributed by atoms with Crippen molar-refractivity contribution in [3.05, 3.63) is 64.7 Å². The van der Waals surface area contributed by atoms with Gasteiger partial charge >= 0.3 is 6.18 Å². The number of rotatable bonds is 6. The predicted molar refractivity (Wildman–Crippen MR) is 96.9 cm³/mol. The molecule has 2 aromatic rings. The molecule has 0 atom stereocenters. The molecule has 0 heterocycles. The first-order valence-electron chi connectivity index (χ1n) is 7.63. The van der Waals surface area contributed by atoms with Gasteiger partial charge in [0.2, 0.25) is 15.9 Å². The molecule has 0 aliphatic heterocycles. The van der Waals surface area contributed by atoms with Crippen LogP contribution in [0.2, 0.25) is 5.02 Å². The van der Waals surface area contributed by atoms with Crippen LogP contribution in [0.15, 0.2) is 48.5 Å². The maximum atomic E-state index is 12.7. The third kappa shape index (κ3) is 5.86. The molecule has 146 valence electrons. The standard InChI is InChI=1S/C17H16ClF3N2O3S/c1-27(25,26)23(14-8-6-13(7-9-14)17(19,20)21)11-16(24)22-10-12-4-2-3-5-15(12)18/h2-9H,10-11H2,1H3,(H,22,24). The molecule has 0 fully saturated rings. The van der Waals surface area contributed by atoms with Crippen LogP contribution >= 0.6 is 11.6 Å². The van der Waals surface area contributed by atoms with Crippen LogP contribution in [-0.2, 0) is 27.5 Å². The Hall–Kier alpha value is -2.26. The van der Waals surface area contributed by atoms with Crippen LogP contribution in [0, 0.1) is 0 Å². The van der Waals surface area contributed by atoms with Crippen LogP contribution < -0.4 is 9.62 Å². The summed E-state index contributed by atoms with van der Waals surface area (Å²) in [6.45, 7) is -0.488. The number of hydrogen-bond acceptors (Lipinski definition) is 3. The molecule has 0 saturated heterocycles. The molecule has 1 N–H and O–H groups in total. The molecule has 1 amide bonds. The highest BCUT2D eigenvalue weighted by molar-refractivity contribution is 7.92. The van der Waals surface area contributed by atoms with Gasteiger partial charge in [-0.3, -0.25) is 9.10 Å². The van der Waals surface area contributed by atoms with Gasteiger partial charge in [-0.15, -0.1) is 0 Å². The summed E-state index contributed by atoms with van der Waals surface area (Å²) < 4.78 is 62.6. The highest BCUT2D eigenvalue weighted by Crippen LogP contribution is 2.30. The number of halogens is 4. The summed E-state index contributed by atoms with van der Waals surface area (Å²) in [7, 11) is -3.89. The number of carbonyl (C=O) groups is 1. The second kappa shape index (κ2) is 8.18. The Bertz CT molecular complexity index is 916. The first-order valence-corrected chi connectivity index (χ1v) is 9.86. The van der Waals surface area contributed by atoms with Gasteiger partial charge < -0.3 is 5.32 Å². The van der Waals surface area contributed by atoms with E-state index in [4.69, 9.17) is 11.6 Å². The third-order valence-corrected chi connectivity index (χ3v) is 5.11. The predicted octanol–water partition coefficient (Wildman–Crippen LogP) is 3.44. The Labute approximate surface area is 159 Å².